The van der Waals surface area contributed by atoms with E-state index in [0.717, 1.165) is 17.7 Å². The van der Waals surface area contributed by atoms with E-state index in [-0.39, 0.29) is 18.3 Å². The van der Waals surface area contributed by atoms with Gasteiger partial charge in [0, 0.05) is 0 Å². The smallest absolute Gasteiger partial charge is 0.305 e. The number of aliphatic hydroxyl groups excluding tert-OH is 1. The highest BCUT2D eigenvalue weighted by atomic mass is 16.5. The van der Waals surface area contributed by atoms with Gasteiger partial charge < -0.3 is 14.6 Å². The molecule has 1 aromatic carbocycles. The van der Waals surface area contributed by atoms with Crippen molar-refractivity contribution in [3.8, 4) is 5.75 Å². The molecule has 0 saturated heterocycles. The maximum absolute atomic E-state index is 11.2. The summed E-state index contributed by atoms with van der Waals surface area (Å²) < 4.78 is 10.1. The Hall–Kier alpha value is -1.55. The molecule has 1 rings (SSSR count). The fourth-order valence-electron chi connectivity index (χ4n) is 1.77. The summed E-state index contributed by atoms with van der Waals surface area (Å²) in [5, 5.41) is 10.2. The number of benzene rings is 1. The van der Waals surface area contributed by atoms with E-state index < -0.39 is 6.10 Å². The Kier molecular flexibility index (Phi) is 6.36. The van der Waals surface area contributed by atoms with Crippen molar-refractivity contribution in [1.82, 2.24) is 0 Å². The average molecular weight is 266 g/mol. The predicted molar refractivity (Wildman–Crippen MR) is 73.0 cm³/mol. The Morgan fingerprint density at radius 1 is 1.32 bits per heavy atom. The number of aliphatic hydroxyl groups is 1. The largest absolute Gasteiger partial charge is 0.494 e. The lowest BCUT2D eigenvalue weighted by atomic mass is 9.94. The number of carbonyl (C=O) groups is 1. The molecule has 2 unspecified atom stereocenters. The fraction of sp³-hybridized carbons (Fsp3) is 0.533. The molecule has 0 saturated carbocycles. The van der Waals surface area contributed by atoms with Crippen molar-refractivity contribution < 1.29 is 19.4 Å². The average Bonchev–Trinajstić information content (AvgIpc) is 2.44. The number of ether oxygens (including phenoxy) is 2. The van der Waals surface area contributed by atoms with Crippen LogP contribution in [0, 0.1) is 5.92 Å². The van der Waals surface area contributed by atoms with Gasteiger partial charge in [-0.2, -0.15) is 0 Å². The highest BCUT2D eigenvalue weighted by Crippen LogP contribution is 2.26. The standard InChI is InChI=1S/C15H22O4/c1-4-9-19-13-7-5-12(6-8-13)15(17)11(2)10-14(16)18-3/h5-8,11,15,17H,4,9-10H2,1-3H3. The summed E-state index contributed by atoms with van der Waals surface area (Å²) in [4.78, 5) is 11.2. The summed E-state index contributed by atoms with van der Waals surface area (Å²) >= 11 is 0. The second-order valence-electron chi connectivity index (χ2n) is 4.62. The number of esters is 1. The third kappa shape index (κ3) is 4.91. The van der Waals surface area contributed by atoms with E-state index in [9.17, 15) is 9.90 Å². The summed E-state index contributed by atoms with van der Waals surface area (Å²) in [6.07, 6.45) is 0.478. The zero-order valence-corrected chi connectivity index (χ0v) is 11.8. The minimum absolute atomic E-state index is 0.185. The van der Waals surface area contributed by atoms with Crippen LogP contribution >= 0.6 is 0 Å². The van der Waals surface area contributed by atoms with E-state index in [4.69, 9.17) is 4.74 Å². The number of carbonyl (C=O) groups excluding carboxylic acids is 1. The van der Waals surface area contributed by atoms with Crippen LogP contribution < -0.4 is 4.74 Å². The topological polar surface area (TPSA) is 55.8 Å². The molecule has 0 aliphatic carbocycles. The van der Waals surface area contributed by atoms with Gasteiger partial charge in [0.2, 0.25) is 0 Å². The monoisotopic (exact) mass is 266 g/mol. The molecule has 2 atom stereocenters. The van der Waals surface area contributed by atoms with Crippen LogP contribution in [-0.2, 0) is 9.53 Å². The zero-order chi connectivity index (χ0) is 14.3. The molecule has 0 spiro atoms. The minimum Gasteiger partial charge on any atom is -0.494 e. The van der Waals surface area contributed by atoms with E-state index in [0.29, 0.717) is 6.61 Å². The van der Waals surface area contributed by atoms with E-state index in [1.807, 2.05) is 38.1 Å². The number of methoxy groups -OCH3 is 1. The molecule has 0 fully saturated rings. The Morgan fingerprint density at radius 2 is 1.95 bits per heavy atom. The van der Waals surface area contributed by atoms with Crippen LogP contribution in [0.5, 0.6) is 5.75 Å². The fourth-order valence-corrected chi connectivity index (χ4v) is 1.77. The van der Waals surface area contributed by atoms with Gasteiger partial charge in [-0.1, -0.05) is 26.0 Å². The molecule has 0 bridgehead atoms. The van der Waals surface area contributed by atoms with Crippen LogP contribution in [0.25, 0.3) is 0 Å². The lowest BCUT2D eigenvalue weighted by molar-refractivity contribution is -0.142. The van der Waals surface area contributed by atoms with Crippen molar-refractivity contribution in [2.45, 2.75) is 32.8 Å². The van der Waals surface area contributed by atoms with Crippen molar-refractivity contribution in [3.05, 3.63) is 29.8 Å². The van der Waals surface area contributed by atoms with Crippen LogP contribution in [-0.4, -0.2) is 24.8 Å². The van der Waals surface area contributed by atoms with Crippen molar-refractivity contribution in [3.63, 3.8) is 0 Å². The number of hydrogen-bond acceptors (Lipinski definition) is 4. The van der Waals surface area contributed by atoms with E-state index in [1.54, 1.807) is 0 Å². The van der Waals surface area contributed by atoms with E-state index in [1.165, 1.54) is 7.11 Å². The van der Waals surface area contributed by atoms with E-state index >= 15 is 0 Å². The molecule has 0 radical (unpaired) electrons. The summed E-state index contributed by atoms with van der Waals surface area (Å²) in [6, 6.07) is 7.31. The highest BCUT2D eigenvalue weighted by molar-refractivity contribution is 5.69. The van der Waals surface area contributed by atoms with Crippen LogP contribution in [0.4, 0.5) is 0 Å². The first-order valence-corrected chi connectivity index (χ1v) is 6.56. The molecule has 0 aliphatic heterocycles. The Labute approximate surface area is 114 Å². The molecule has 1 aromatic rings. The minimum atomic E-state index is -0.681. The van der Waals surface area contributed by atoms with Crippen LogP contribution in [0.1, 0.15) is 38.4 Å². The first kappa shape index (κ1) is 15.5. The third-order valence-corrected chi connectivity index (χ3v) is 2.95. The maximum Gasteiger partial charge on any atom is 0.305 e. The molecular formula is C15H22O4. The maximum atomic E-state index is 11.2. The van der Waals surface area contributed by atoms with Gasteiger partial charge >= 0.3 is 5.97 Å². The Balaban J connectivity index is 2.61. The first-order valence-electron chi connectivity index (χ1n) is 6.56. The van der Waals surface area contributed by atoms with E-state index in [2.05, 4.69) is 4.74 Å². The normalized spacial score (nSPS) is 13.7. The van der Waals surface area contributed by atoms with Crippen molar-refractivity contribution in [1.29, 1.82) is 0 Å². The molecule has 4 heteroatoms. The molecule has 0 heterocycles. The third-order valence-electron chi connectivity index (χ3n) is 2.95. The Morgan fingerprint density at radius 3 is 2.47 bits per heavy atom. The van der Waals surface area contributed by atoms with Crippen LogP contribution in [0.2, 0.25) is 0 Å². The van der Waals surface area contributed by atoms with Crippen LogP contribution in [0.3, 0.4) is 0 Å². The van der Waals surface area contributed by atoms with Gasteiger partial charge in [-0.15, -0.1) is 0 Å². The van der Waals surface area contributed by atoms with Crippen molar-refractivity contribution in [2.75, 3.05) is 13.7 Å². The molecular weight excluding hydrogens is 244 g/mol. The van der Waals surface area contributed by atoms with Gasteiger partial charge in [-0.05, 0) is 30.0 Å². The molecule has 0 aliphatic rings. The lowest BCUT2D eigenvalue weighted by Gasteiger charge is -2.18. The molecule has 1 N–H and O–H groups in total. The molecule has 0 amide bonds. The second kappa shape index (κ2) is 7.79. The quantitative estimate of drug-likeness (QED) is 0.771. The number of hydrogen-bond donors (Lipinski definition) is 1. The van der Waals surface area contributed by atoms with Gasteiger partial charge in [-0.25, -0.2) is 0 Å². The SMILES string of the molecule is CCCOc1ccc(C(O)C(C)CC(=O)OC)cc1. The van der Waals surface area contributed by atoms with Crippen molar-refractivity contribution >= 4 is 5.97 Å². The zero-order valence-electron chi connectivity index (χ0n) is 11.8. The summed E-state index contributed by atoms with van der Waals surface area (Å²) in [5.74, 6) is 0.294. The molecule has 4 nitrogen and oxygen atoms in total. The van der Waals surface area contributed by atoms with Gasteiger partial charge in [0.1, 0.15) is 5.75 Å². The first-order chi connectivity index (χ1) is 9.08. The van der Waals surface area contributed by atoms with Gasteiger partial charge in [0.15, 0.2) is 0 Å². The summed E-state index contributed by atoms with van der Waals surface area (Å²) in [5.41, 5.74) is 0.778. The summed E-state index contributed by atoms with van der Waals surface area (Å²) in [6.45, 7) is 4.55. The molecule has 106 valence electrons. The lowest BCUT2D eigenvalue weighted by Crippen LogP contribution is -2.14. The van der Waals surface area contributed by atoms with Crippen LogP contribution in [0.15, 0.2) is 24.3 Å². The van der Waals surface area contributed by atoms with Crippen molar-refractivity contribution in [2.24, 2.45) is 5.92 Å². The predicted octanol–water partition coefficient (Wildman–Crippen LogP) is 2.71. The summed E-state index contributed by atoms with van der Waals surface area (Å²) in [7, 11) is 1.35. The Bertz CT molecular complexity index is 386. The van der Waals surface area contributed by atoms with Gasteiger partial charge in [0.05, 0.1) is 26.2 Å². The molecule has 0 aromatic heterocycles. The highest BCUT2D eigenvalue weighted by Gasteiger charge is 2.19. The van der Waals surface area contributed by atoms with Gasteiger partial charge in [-0.3, -0.25) is 4.79 Å². The van der Waals surface area contributed by atoms with Gasteiger partial charge in [0.25, 0.3) is 0 Å². The second-order valence-corrected chi connectivity index (χ2v) is 4.62. The molecule has 19 heavy (non-hydrogen) atoms. The number of rotatable bonds is 7.